The molecule has 1 amide bonds. The van der Waals surface area contributed by atoms with Gasteiger partial charge in [-0.25, -0.2) is 4.98 Å². The Bertz CT molecular complexity index is 1490. The number of methoxy groups -OCH3 is 2. The second-order valence-electron chi connectivity index (χ2n) is 8.66. The Kier molecular flexibility index (Phi) is 7.02. The van der Waals surface area contributed by atoms with Crippen molar-refractivity contribution in [2.24, 2.45) is 0 Å². The Morgan fingerprint density at radius 1 is 1.11 bits per heavy atom. The second-order valence-corrected chi connectivity index (χ2v) is 10.7. The predicted octanol–water partition coefficient (Wildman–Crippen LogP) is 5.38. The molecule has 4 aromatic rings. The van der Waals surface area contributed by atoms with Gasteiger partial charge in [-0.3, -0.25) is 14.2 Å². The summed E-state index contributed by atoms with van der Waals surface area (Å²) in [6, 6.07) is 12.9. The number of ether oxygens (including phenoxy) is 2. The Hall–Kier alpha value is -3.30. The lowest BCUT2D eigenvalue weighted by Gasteiger charge is -2.14. The molecule has 0 saturated heterocycles. The van der Waals surface area contributed by atoms with Gasteiger partial charge in [0.25, 0.3) is 5.56 Å². The summed E-state index contributed by atoms with van der Waals surface area (Å²) >= 11 is 2.85. The topological polar surface area (TPSA) is 82.4 Å². The maximum atomic E-state index is 13.9. The highest BCUT2D eigenvalue weighted by molar-refractivity contribution is 7.99. The zero-order chi connectivity index (χ0) is 25.2. The second kappa shape index (κ2) is 10.4. The number of aryl methyl sites for hydroxylation is 3. The van der Waals surface area contributed by atoms with Gasteiger partial charge < -0.3 is 14.8 Å². The average Bonchev–Trinajstić information content (AvgIpc) is 3.26. The van der Waals surface area contributed by atoms with Gasteiger partial charge in [0.2, 0.25) is 5.91 Å². The minimum Gasteiger partial charge on any atom is -0.497 e. The van der Waals surface area contributed by atoms with E-state index in [2.05, 4.69) is 5.32 Å². The fourth-order valence-corrected chi connectivity index (χ4v) is 6.59. The fourth-order valence-electron chi connectivity index (χ4n) is 4.48. The van der Waals surface area contributed by atoms with E-state index in [4.69, 9.17) is 14.5 Å². The number of aromatic nitrogens is 2. The number of anilines is 1. The lowest BCUT2D eigenvalue weighted by atomic mass is 9.97. The summed E-state index contributed by atoms with van der Waals surface area (Å²) in [4.78, 5) is 33.7. The van der Waals surface area contributed by atoms with Gasteiger partial charge in [-0.2, -0.15) is 0 Å². The van der Waals surface area contributed by atoms with Crippen molar-refractivity contribution in [1.29, 1.82) is 0 Å². The maximum Gasteiger partial charge on any atom is 0.267 e. The number of nitrogens with one attached hydrogen (secondary N) is 1. The molecule has 7 nitrogen and oxygen atoms in total. The number of carbonyl (C=O) groups excluding carboxylic acids is 1. The molecule has 0 saturated carbocycles. The van der Waals surface area contributed by atoms with E-state index in [1.165, 1.54) is 16.6 Å². The Labute approximate surface area is 217 Å². The molecule has 5 rings (SSSR count). The summed E-state index contributed by atoms with van der Waals surface area (Å²) in [6.45, 7) is 1.96. The molecule has 0 radical (unpaired) electrons. The number of hydrogen-bond donors (Lipinski definition) is 1. The number of fused-ring (bicyclic) bond motifs is 3. The highest BCUT2D eigenvalue weighted by Crippen LogP contribution is 2.35. The summed E-state index contributed by atoms with van der Waals surface area (Å²) in [6.07, 6.45) is 4.11. The molecule has 0 atom stereocenters. The average molecular weight is 522 g/mol. The van der Waals surface area contributed by atoms with Crippen LogP contribution in [-0.2, 0) is 17.6 Å². The molecule has 2 heterocycles. The summed E-state index contributed by atoms with van der Waals surface area (Å²) < 4.78 is 12.3. The van der Waals surface area contributed by atoms with Gasteiger partial charge in [-0.15, -0.1) is 11.3 Å². The standard InChI is InChI=1S/C27H27N3O4S2/c1-16-8-13-21(34-3)20(14-16)28-23(31)15-35-27-29-25-24(19-6-4-5-7-22(19)36-25)26(32)30(27)17-9-11-18(33-2)12-10-17/h8-14H,4-7,15H2,1-3H3,(H,28,31). The maximum absolute atomic E-state index is 13.9. The number of thioether (sulfide) groups is 1. The van der Waals surface area contributed by atoms with E-state index >= 15 is 0 Å². The highest BCUT2D eigenvalue weighted by Gasteiger charge is 2.23. The van der Waals surface area contributed by atoms with Crippen molar-refractivity contribution >= 4 is 44.9 Å². The predicted molar refractivity (Wildman–Crippen MR) is 145 cm³/mol. The van der Waals surface area contributed by atoms with E-state index in [0.29, 0.717) is 33.4 Å². The third kappa shape index (κ3) is 4.73. The van der Waals surface area contributed by atoms with Gasteiger partial charge in [0.15, 0.2) is 5.16 Å². The van der Waals surface area contributed by atoms with Gasteiger partial charge in [-0.05, 0) is 80.1 Å². The Morgan fingerprint density at radius 2 is 1.89 bits per heavy atom. The first-order valence-corrected chi connectivity index (χ1v) is 13.6. The van der Waals surface area contributed by atoms with Crippen LogP contribution >= 0.6 is 23.1 Å². The third-order valence-electron chi connectivity index (χ3n) is 6.25. The van der Waals surface area contributed by atoms with Crippen molar-refractivity contribution in [3.63, 3.8) is 0 Å². The highest BCUT2D eigenvalue weighted by atomic mass is 32.2. The fraction of sp³-hybridized carbons (Fsp3) is 0.296. The Balaban J connectivity index is 1.51. The van der Waals surface area contributed by atoms with Crippen LogP contribution in [0.5, 0.6) is 11.5 Å². The van der Waals surface area contributed by atoms with Crippen LogP contribution in [0.15, 0.2) is 52.4 Å². The minimum absolute atomic E-state index is 0.0900. The number of rotatable bonds is 7. The van der Waals surface area contributed by atoms with Gasteiger partial charge in [0.1, 0.15) is 16.3 Å². The molecule has 0 aliphatic heterocycles. The van der Waals surface area contributed by atoms with E-state index in [1.807, 2.05) is 49.4 Å². The first-order chi connectivity index (χ1) is 17.5. The number of amides is 1. The van der Waals surface area contributed by atoms with Crippen molar-refractivity contribution in [3.8, 4) is 17.2 Å². The van der Waals surface area contributed by atoms with Crippen LogP contribution in [0.2, 0.25) is 0 Å². The van der Waals surface area contributed by atoms with Crippen LogP contribution in [0.3, 0.4) is 0 Å². The van der Waals surface area contributed by atoms with E-state index in [0.717, 1.165) is 41.6 Å². The van der Waals surface area contributed by atoms with Gasteiger partial charge in [0.05, 0.1) is 36.7 Å². The summed E-state index contributed by atoms with van der Waals surface area (Å²) in [5, 5.41) is 4.12. The molecule has 1 aliphatic carbocycles. The molecule has 0 unspecified atom stereocenters. The van der Waals surface area contributed by atoms with Crippen molar-refractivity contribution in [2.45, 2.75) is 37.8 Å². The van der Waals surface area contributed by atoms with Crippen LogP contribution < -0.4 is 20.3 Å². The van der Waals surface area contributed by atoms with Crippen molar-refractivity contribution in [2.75, 3.05) is 25.3 Å². The molecule has 9 heteroatoms. The van der Waals surface area contributed by atoms with Gasteiger partial charge in [-0.1, -0.05) is 17.8 Å². The summed E-state index contributed by atoms with van der Waals surface area (Å²) in [5.41, 5.74) is 3.37. The summed E-state index contributed by atoms with van der Waals surface area (Å²) in [7, 11) is 3.18. The smallest absolute Gasteiger partial charge is 0.267 e. The van der Waals surface area contributed by atoms with Crippen LogP contribution in [0.4, 0.5) is 5.69 Å². The molecule has 2 aromatic heterocycles. The molecule has 2 aromatic carbocycles. The zero-order valence-electron chi connectivity index (χ0n) is 20.4. The quantitative estimate of drug-likeness (QED) is 0.260. The summed E-state index contributed by atoms with van der Waals surface area (Å²) in [5.74, 6) is 1.19. The van der Waals surface area contributed by atoms with Gasteiger partial charge >= 0.3 is 0 Å². The molecule has 36 heavy (non-hydrogen) atoms. The molecular formula is C27H27N3O4S2. The normalized spacial score (nSPS) is 12.9. The number of thiophene rings is 1. The molecule has 1 aliphatic rings. The van der Waals surface area contributed by atoms with E-state index in [1.54, 1.807) is 30.1 Å². The van der Waals surface area contributed by atoms with Crippen LogP contribution in [0.25, 0.3) is 15.9 Å². The molecule has 0 spiro atoms. The number of nitrogens with zero attached hydrogens (tertiary/aromatic N) is 2. The van der Waals surface area contributed by atoms with E-state index < -0.39 is 0 Å². The minimum atomic E-state index is -0.204. The largest absolute Gasteiger partial charge is 0.497 e. The van der Waals surface area contributed by atoms with Gasteiger partial charge in [0, 0.05) is 4.88 Å². The van der Waals surface area contributed by atoms with Crippen LogP contribution in [0, 0.1) is 6.92 Å². The first-order valence-electron chi connectivity index (χ1n) is 11.8. The molecular weight excluding hydrogens is 494 g/mol. The lowest BCUT2D eigenvalue weighted by Crippen LogP contribution is -2.23. The number of hydrogen-bond acceptors (Lipinski definition) is 7. The van der Waals surface area contributed by atoms with E-state index in [9.17, 15) is 9.59 Å². The molecule has 0 bridgehead atoms. The number of benzene rings is 2. The SMILES string of the molecule is COc1ccc(-n2c(SCC(=O)Nc3cc(C)ccc3OC)nc3sc4c(c3c2=O)CCCC4)cc1. The van der Waals surface area contributed by atoms with Crippen LogP contribution in [0.1, 0.15) is 28.8 Å². The lowest BCUT2D eigenvalue weighted by molar-refractivity contribution is -0.113. The Morgan fingerprint density at radius 3 is 2.64 bits per heavy atom. The van der Waals surface area contributed by atoms with Crippen LogP contribution in [-0.4, -0.2) is 35.4 Å². The van der Waals surface area contributed by atoms with Crippen molar-refractivity contribution < 1.29 is 14.3 Å². The zero-order valence-corrected chi connectivity index (χ0v) is 22.1. The molecule has 0 fully saturated rings. The van der Waals surface area contributed by atoms with Crippen molar-refractivity contribution in [1.82, 2.24) is 9.55 Å². The van der Waals surface area contributed by atoms with Crippen molar-refractivity contribution in [3.05, 3.63) is 68.8 Å². The van der Waals surface area contributed by atoms with E-state index in [-0.39, 0.29) is 17.2 Å². The molecule has 186 valence electrons. The molecule has 1 N–H and O–H groups in total. The number of carbonyl (C=O) groups is 1. The first kappa shape index (κ1) is 24.4. The monoisotopic (exact) mass is 521 g/mol. The third-order valence-corrected chi connectivity index (χ3v) is 8.37.